The average Bonchev–Trinajstić information content (AvgIpc) is 2.98. The number of aliphatic hydroxyl groups is 1. The molecule has 3 aromatic rings. The van der Waals surface area contributed by atoms with Crippen LogP contribution in [0.15, 0.2) is 42.6 Å². The highest BCUT2D eigenvalue weighted by Gasteiger charge is 2.31. The second-order valence-electron chi connectivity index (χ2n) is 5.67. The van der Waals surface area contributed by atoms with Gasteiger partial charge in [0.1, 0.15) is 5.69 Å². The second kappa shape index (κ2) is 6.86. The lowest BCUT2D eigenvalue weighted by atomic mass is 10.1. The summed E-state index contributed by atoms with van der Waals surface area (Å²) in [7, 11) is 0. The number of hydrogen-bond acceptors (Lipinski definition) is 5. The summed E-state index contributed by atoms with van der Waals surface area (Å²) in [6, 6.07) is 6.46. The van der Waals surface area contributed by atoms with Crippen LogP contribution >= 0.6 is 11.6 Å². The van der Waals surface area contributed by atoms with Crippen LogP contribution in [0.3, 0.4) is 0 Å². The van der Waals surface area contributed by atoms with Gasteiger partial charge in [0.15, 0.2) is 0 Å². The highest BCUT2D eigenvalue weighted by Crippen LogP contribution is 2.33. The molecule has 10 heteroatoms. The van der Waals surface area contributed by atoms with E-state index in [0.717, 1.165) is 22.8 Å². The third-order valence-corrected chi connectivity index (χ3v) is 4.33. The number of benzene rings is 2. The van der Waals surface area contributed by atoms with Gasteiger partial charge < -0.3 is 5.11 Å². The highest BCUT2D eigenvalue weighted by atomic mass is 35.5. The van der Waals surface area contributed by atoms with Gasteiger partial charge in [-0.25, -0.2) is 0 Å². The summed E-state index contributed by atoms with van der Waals surface area (Å²) in [4.78, 5) is 12.8. The van der Waals surface area contributed by atoms with E-state index in [1.54, 1.807) is 0 Å². The minimum atomic E-state index is -4.60. The van der Waals surface area contributed by atoms with Crippen LogP contribution in [0, 0.1) is 0 Å². The number of alkyl halides is 3. The molecule has 2 aromatic carbocycles. The van der Waals surface area contributed by atoms with Crippen LogP contribution in [0.5, 0.6) is 0 Å². The number of rotatable bonds is 3. The lowest BCUT2D eigenvalue weighted by Gasteiger charge is -2.12. The Kier molecular flexibility index (Phi) is 4.87. The Balaban J connectivity index is 2.18. The van der Waals surface area contributed by atoms with E-state index in [-0.39, 0.29) is 32.6 Å². The van der Waals surface area contributed by atoms with E-state index < -0.39 is 24.3 Å². The van der Waals surface area contributed by atoms with Gasteiger partial charge in [0.05, 0.1) is 22.7 Å². The fourth-order valence-electron chi connectivity index (χ4n) is 2.71. The smallest absolute Gasteiger partial charge is 0.392 e. The first kappa shape index (κ1) is 19.2. The van der Waals surface area contributed by atoms with Crippen LogP contribution in [-0.4, -0.2) is 26.0 Å². The molecule has 1 aromatic heterocycles. The van der Waals surface area contributed by atoms with E-state index >= 15 is 0 Å². The van der Waals surface area contributed by atoms with Crippen LogP contribution in [0.2, 0.25) is 5.02 Å². The topological polar surface area (TPSA) is 85.9 Å². The number of carbonyl (C=O) groups excluding carboxylic acids is 1. The molecule has 142 valence electrons. The Bertz CT molecular complexity index is 1030. The summed E-state index contributed by atoms with van der Waals surface area (Å²) in [5, 5.41) is 27.7. The monoisotopic (exact) mass is 400 g/mol. The molecule has 0 aliphatic carbocycles. The van der Waals surface area contributed by atoms with Gasteiger partial charge in [-0.05, 0) is 30.3 Å². The van der Waals surface area contributed by atoms with Crippen molar-refractivity contribution < 1.29 is 33.5 Å². The third-order valence-electron chi connectivity index (χ3n) is 4.01. The van der Waals surface area contributed by atoms with Crippen molar-refractivity contribution in [2.45, 2.75) is 12.8 Å². The summed E-state index contributed by atoms with van der Waals surface area (Å²) in [6.45, 7) is -0.477. The Morgan fingerprint density at radius 2 is 1.85 bits per heavy atom. The molecule has 3 N–H and O–H groups in total. The minimum absolute atomic E-state index is 0.0415. The molecule has 0 amide bonds. The number of halogens is 4. The summed E-state index contributed by atoms with van der Waals surface area (Å²) >= 11 is 5.80. The normalized spacial score (nSPS) is 11.8. The lowest BCUT2D eigenvalue weighted by Crippen LogP contribution is -2.15. The van der Waals surface area contributed by atoms with Crippen LogP contribution in [0.4, 0.5) is 18.9 Å². The summed E-state index contributed by atoms with van der Waals surface area (Å²) < 4.78 is 40.0. The molecular weight excluding hydrogens is 389 g/mol. The Labute approximate surface area is 155 Å². The lowest BCUT2D eigenvalue weighted by molar-refractivity contribution is -0.137. The predicted octanol–water partition coefficient (Wildman–Crippen LogP) is 4.08. The molecule has 0 unspecified atom stereocenters. The molecule has 0 spiro atoms. The first-order chi connectivity index (χ1) is 12.6. The van der Waals surface area contributed by atoms with Crippen LogP contribution in [-0.2, 0) is 12.8 Å². The molecule has 0 saturated carbocycles. The zero-order valence-corrected chi connectivity index (χ0v) is 14.2. The molecule has 27 heavy (non-hydrogen) atoms. The predicted molar refractivity (Wildman–Crippen MR) is 90.1 cm³/mol. The Morgan fingerprint density at radius 3 is 2.44 bits per heavy atom. The largest absolute Gasteiger partial charge is 0.416 e. The van der Waals surface area contributed by atoms with Crippen molar-refractivity contribution in [3.8, 4) is 0 Å². The van der Waals surface area contributed by atoms with Gasteiger partial charge in [-0.1, -0.05) is 17.7 Å². The maximum Gasteiger partial charge on any atom is 0.416 e. The van der Waals surface area contributed by atoms with E-state index in [1.807, 2.05) is 0 Å². The van der Waals surface area contributed by atoms with Gasteiger partial charge >= 0.3 is 6.18 Å². The van der Waals surface area contributed by atoms with Crippen molar-refractivity contribution in [2.75, 3.05) is 5.23 Å². The number of nitrogens with zero attached hydrogens (tertiary/aromatic N) is 2. The Hall–Kier alpha value is -2.59. The third kappa shape index (κ3) is 3.50. The SMILES string of the molecule is O=C(c1ccc(Cl)c(N(O)O)c1)n1cc(CO)c2ccc(C(F)(F)F)cc21. The number of fused-ring (bicyclic) bond motifs is 1. The van der Waals surface area contributed by atoms with Crippen molar-refractivity contribution >= 4 is 34.1 Å². The maximum atomic E-state index is 13.0. The van der Waals surface area contributed by atoms with Crippen molar-refractivity contribution in [1.82, 2.24) is 4.57 Å². The van der Waals surface area contributed by atoms with E-state index in [9.17, 15) is 23.1 Å². The number of aromatic nitrogens is 1. The fourth-order valence-corrected chi connectivity index (χ4v) is 2.90. The van der Waals surface area contributed by atoms with E-state index in [4.69, 9.17) is 22.0 Å². The quantitative estimate of drug-likeness (QED) is 0.577. The van der Waals surface area contributed by atoms with Gasteiger partial charge in [-0.3, -0.25) is 19.8 Å². The van der Waals surface area contributed by atoms with E-state index in [0.29, 0.717) is 5.39 Å². The summed E-state index contributed by atoms with van der Waals surface area (Å²) in [6.07, 6.45) is -3.37. The van der Waals surface area contributed by atoms with Crippen molar-refractivity contribution in [1.29, 1.82) is 0 Å². The summed E-state index contributed by atoms with van der Waals surface area (Å²) in [5.74, 6) is -0.737. The van der Waals surface area contributed by atoms with Gasteiger partial charge in [0.2, 0.25) is 0 Å². The van der Waals surface area contributed by atoms with E-state index in [1.165, 1.54) is 24.4 Å². The van der Waals surface area contributed by atoms with E-state index in [2.05, 4.69) is 0 Å². The maximum absolute atomic E-state index is 13.0. The molecule has 3 rings (SSSR count). The second-order valence-corrected chi connectivity index (χ2v) is 6.08. The highest BCUT2D eigenvalue weighted by molar-refractivity contribution is 6.33. The van der Waals surface area contributed by atoms with Crippen LogP contribution in [0.1, 0.15) is 21.5 Å². The zero-order valence-electron chi connectivity index (χ0n) is 13.4. The fraction of sp³-hybridized carbons (Fsp3) is 0.118. The van der Waals surface area contributed by atoms with Crippen LogP contribution < -0.4 is 5.23 Å². The molecule has 1 heterocycles. The standard InChI is InChI=1S/C17H12ClF3N2O4/c18-13-4-1-9(5-15(13)23(26)27)16(25)22-7-10(8-24)12-3-2-11(6-14(12)22)17(19,20)21/h1-7,24,26-27H,8H2. The number of hydrogen-bond donors (Lipinski definition) is 3. The number of aliphatic hydroxyl groups excluding tert-OH is 1. The molecule has 0 fully saturated rings. The summed E-state index contributed by atoms with van der Waals surface area (Å²) in [5.41, 5.74) is -1.05. The average molecular weight is 401 g/mol. The van der Waals surface area contributed by atoms with Gasteiger partial charge in [0, 0.05) is 22.7 Å². The van der Waals surface area contributed by atoms with Crippen molar-refractivity contribution in [3.05, 3.63) is 64.3 Å². The zero-order chi connectivity index (χ0) is 19.9. The van der Waals surface area contributed by atoms with Crippen molar-refractivity contribution in [3.63, 3.8) is 0 Å². The van der Waals surface area contributed by atoms with Gasteiger partial charge in [-0.2, -0.15) is 13.2 Å². The molecule has 0 aliphatic rings. The minimum Gasteiger partial charge on any atom is -0.392 e. The number of carbonyl (C=O) groups is 1. The molecule has 6 nitrogen and oxygen atoms in total. The van der Waals surface area contributed by atoms with Crippen molar-refractivity contribution in [2.24, 2.45) is 0 Å². The molecule has 0 saturated heterocycles. The van der Waals surface area contributed by atoms with Gasteiger partial charge in [-0.15, -0.1) is 5.23 Å². The molecule has 0 atom stereocenters. The van der Waals surface area contributed by atoms with Crippen LogP contribution in [0.25, 0.3) is 10.9 Å². The molecular formula is C17H12ClF3N2O4. The first-order valence-electron chi connectivity index (χ1n) is 7.47. The molecule has 0 aliphatic heterocycles. The number of anilines is 1. The first-order valence-corrected chi connectivity index (χ1v) is 7.85. The molecule has 0 bridgehead atoms. The molecule has 0 radical (unpaired) electrons. The van der Waals surface area contributed by atoms with Gasteiger partial charge in [0.25, 0.3) is 5.91 Å². The Morgan fingerprint density at radius 1 is 1.15 bits per heavy atom.